The van der Waals surface area contributed by atoms with E-state index in [9.17, 15) is 9.59 Å². The second-order valence-electron chi connectivity index (χ2n) is 1.84. The number of carbonyl (C=O) groups excluding carboxylic acids is 2. The third kappa shape index (κ3) is 1.62. The lowest BCUT2D eigenvalue weighted by molar-refractivity contribution is -0.104. The molecule has 11 heavy (non-hydrogen) atoms. The molecule has 0 N–H and O–H groups in total. The predicted molar refractivity (Wildman–Crippen MR) is 39.6 cm³/mol. The minimum Gasteiger partial charge on any atom is -0.294 e. The summed E-state index contributed by atoms with van der Waals surface area (Å²) in [4.78, 5) is 24.4. The third-order valence-corrected chi connectivity index (χ3v) is 1.47. The van der Waals surface area contributed by atoms with Crippen molar-refractivity contribution in [2.24, 2.45) is 0 Å². The molecule has 0 spiro atoms. The molecule has 1 aromatic heterocycles. The maximum atomic E-state index is 10.7. The Balaban J connectivity index is 3.13. The number of ketones is 1. The summed E-state index contributed by atoms with van der Waals surface area (Å²) >= 11 is 5.58. The molecule has 0 aliphatic carbocycles. The van der Waals surface area contributed by atoms with Crippen LogP contribution in [-0.2, 0) is 4.79 Å². The van der Waals surface area contributed by atoms with Crippen LogP contribution in [0.4, 0.5) is 0 Å². The molecule has 0 fully saturated rings. The van der Waals surface area contributed by atoms with E-state index in [4.69, 9.17) is 11.6 Å². The summed E-state index contributed by atoms with van der Waals surface area (Å²) in [6.07, 6.45) is 2.92. The number of aldehydes is 1. The fraction of sp³-hybridized carbons (Fsp3) is 0. The van der Waals surface area contributed by atoms with Crippen LogP contribution in [0.15, 0.2) is 18.5 Å². The Morgan fingerprint density at radius 1 is 1.64 bits per heavy atom. The molecule has 0 bridgehead atoms. The van der Waals surface area contributed by atoms with Crippen LogP contribution >= 0.6 is 11.6 Å². The van der Waals surface area contributed by atoms with Crippen molar-refractivity contribution in [2.75, 3.05) is 0 Å². The van der Waals surface area contributed by atoms with Crippen LogP contribution in [-0.4, -0.2) is 17.1 Å². The van der Waals surface area contributed by atoms with Crippen LogP contribution in [0.5, 0.6) is 0 Å². The molecule has 56 valence electrons. The topological polar surface area (TPSA) is 47.0 Å². The van der Waals surface area contributed by atoms with Gasteiger partial charge in [-0.2, -0.15) is 0 Å². The molecule has 0 amide bonds. The Morgan fingerprint density at radius 2 is 2.36 bits per heavy atom. The molecule has 0 aromatic carbocycles. The quantitative estimate of drug-likeness (QED) is 0.379. The van der Waals surface area contributed by atoms with E-state index in [0.29, 0.717) is 0 Å². The Kier molecular flexibility index (Phi) is 2.33. The van der Waals surface area contributed by atoms with Gasteiger partial charge < -0.3 is 0 Å². The van der Waals surface area contributed by atoms with Gasteiger partial charge in [0.2, 0.25) is 5.78 Å². The SMILES string of the molecule is O=CC(=O)c1cnccc1Cl. The minimum absolute atomic E-state index is 0.143. The number of aromatic nitrogens is 1. The van der Waals surface area contributed by atoms with Crippen molar-refractivity contribution in [3.63, 3.8) is 0 Å². The summed E-state index contributed by atoms with van der Waals surface area (Å²) in [5, 5.41) is 0.247. The van der Waals surface area contributed by atoms with Gasteiger partial charge in [0.1, 0.15) is 0 Å². The van der Waals surface area contributed by atoms with E-state index in [1.807, 2.05) is 0 Å². The molecule has 0 saturated carbocycles. The summed E-state index contributed by atoms with van der Waals surface area (Å²) < 4.78 is 0. The van der Waals surface area contributed by atoms with Crippen LogP contribution in [0.2, 0.25) is 5.02 Å². The van der Waals surface area contributed by atoms with Crippen LogP contribution in [0.3, 0.4) is 0 Å². The van der Waals surface area contributed by atoms with Gasteiger partial charge in [-0.15, -0.1) is 0 Å². The Labute approximate surface area is 68.0 Å². The molecule has 0 aliphatic heterocycles. The van der Waals surface area contributed by atoms with Crippen molar-refractivity contribution < 1.29 is 9.59 Å². The number of pyridine rings is 1. The molecular formula is C7H4ClNO2. The van der Waals surface area contributed by atoms with Crippen LogP contribution in [0.1, 0.15) is 10.4 Å². The molecule has 1 aromatic rings. The van der Waals surface area contributed by atoms with Crippen molar-refractivity contribution in [3.8, 4) is 0 Å². The average Bonchev–Trinajstić information content (AvgIpc) is 2.04. The lowest BCUT2D eigenvalue weighted by Gasteiger charge is -1.94. The largest absolute Gasteiger partial charge is 0.294 e. The molecule has 0 atom stereocenters. The molecule has 0 saturated heterocycles. The first-order valence-electron chi connectivity index (χ1n) is 2.84. The Morgan fingerprint density at radius 3 is 2.91 bits per heavy atom. The second kappa shape index (κ2) is 3.25. The maximum Gasteiger partial charge on any atom is 0.228 e. The van der Waals surface area contributed by atoms with Crippen LogP contribution < -0.4 is 0 Å². The lowest BCUT2D eigenvalue weighted by atomic mass is 10.2. The van der Waals surface area contributed by atoms with Gasteiger partial charge in [-0.05, 0) is 6.07 Å². The monoisotopic (exact) mass is 169 g/mol. The first-order valence-corrected chi connectivity index (χ1v) is 3.22. The zero-order valence-corrected chi connectivity index (χ0v) is 6.21. The summed E-state index contributed by atoms with van der Waals surface area (Å²) in [6.45, 7) is 0. The lowest BCUT2D eigenvalue weighted by Crippen LogP contribution is -2.00. The Bertz CT molecular complexity index is 298. The maximum absolute atomic E-state index is 10.7. The zero-order chi connectivity index (χ0) is 8.27. The van der Waals surface area contributed by atoms with E-state index in [1.54, 1.807) is 0 Å². The number of hydrogen-bond donors (Lipinski definition) is 0. The molecule has 3 nitrogen and oxygen atoms in total. The van der Waals surface area contributed by atoms with Crippen molar-refractivity contribution >= 4 is 23.7 Å². The van der Waals surface area contributed by atoms with Gasteiger partial charge in [-0.3, -0.25) is 14.6 Å². The fourth-order valence-electron chi connectivity index (χ4n) is 0.622. The number of carbonyl (C=O) groups is 2. The number of halogens is 1. The van der Waals surface area contributed by atoms with E-state index in [0.717, 1.165) is 0 Å². The standard InChI is InChI=1S/C7H4ClNO2/c8-6-1-2-9-3-5(6)7(11)4-10/h1-4H. The molecule has 1 heterocycles. The minimum atomic E-state index is -0.650. The molecule has 4 heteroatoms. The van der Waals surface area contributed by atoms with E-state index in [1.165, 1.54) is 18.5 Å². The highest BCUT2D eigenvalue weighted by Gasteiger charge is 2.07. The predicted octanol–water partition coefficient (Wildman–Crippen LogP) is 1.12. The highest BCUT2D eigenvalue weighted by molar-refractivity contribution is 6.41. The highest BCUT2D eigenvalue weighted by atomic mass is 35.5. The van der Waals surface area contributed by atoms with Gasteiger partial charge in [-0.25, -0.2) is 0 Å². The summed E-state index contributed by atoms with van der Waals surface area (Å²) in [5.41, 5.74) is 0.143. The second-order valence-corrected chi connectivity index (χ2v) is 2.24. The van der Waals surface area contributed by atoms with E-state index >= 15 is 0 Å². The van der Waals surface area contributed by atoms with E-state index in [2.05, 4.69) is 4.98 Å². The van der Waals surface area contributed by atoms with Gasteiger partial charge >= 0.3 is 0 Å². The van der Waals surface area contributed by atoms with Gasteiger partial charge in [0.05, 0.1) is 10.6 Å². The average molecular weight is 170 g/mol. The zero-order valence-electron chi connectivity index (χ0n) is 5.45. The third-order valence-electron chi connectivity index (χ3n) is 1.14. The van der Waals surface area contributed by atoms with Crippen LogP contribution in [0.25, 0.3) is 0 Å². The summed E-state index contributed by atoms with van der Waals surface area (Å²) in [7, 11) is 0. The fourth-order valence-corrected chi connectivity index (χ4v) is 0.821. The van der Waals surface area contributed by atoms with Crippen molar-refractivity contribution in [2.45, 2.75) is 0 Å². The van der Waals surface area contributed by atoms with Crippen LogP contribution in [0, 0.1) is 0 Å². The summed E-state index contributed by atoms with van der Waals surface area (Å²) in [5.74, 6) is -0.650. The first-order chi connectivity index (χ1) is 5.25. The normalized spacial score (nSPS) is 9.18. The van der Waals surface area contributed by atoms with E-state index in [-0.39, 0.29) is 16.9 Å². The Hall–Kier alpha value is -1.22. The molecule has 1 rings (SSSR count). The van der Waals surface area contributed by atoms with Gasteiger partial charge in [0.25, 0.3) is 0 Å². The van der Waals surface area contributed by atoms with Crippen molar-refractivity contribution in [1.29, 1.82) is 0 Å². The van der Waals surface area contributed by atoms with Gasteiger partial charge in [0.15, 0.2) is 6.29 Å². The van der Waals surface area contributed by atoms with Crippen molar-refractivity contribution in [3.05, 3.63) is 29.0 Å². The van der Waals surface area contributed by atoms with Crippen molar-refractivity contribution in [1.82, 2.24) is 4.98 Å². The highest BCUT2D eigenvalue weighted by Crippen LogP contribution is 2.12. The van der Waals surface area contributed by atoms with E-state index < -0.39 is 5.78 Å². The number of nitrogens with zero attached hydrogens (tertiary/aromatic N) is 1. The molecular weight excluding hydrogens is 166 g/mol. The molecule has 0 radical (unpaired) electrons. The van der Waals surface area contributed by atoms with Gasteiger partial charge in [0, 0.05) is 12.4 Å². The molecule has 0 unspecified atom stereocenters. The summed E-state index contributed by atoms with van der Waals surface area (Å²) in [6, 6.07) is 1.46. The number of hydrogen-bond acceptors (Lipinski definition) is 3. The number of Topliss-reactive ketones (excluding diaryl/α,β-unsaturated/α-hetero) is 1. The smallest absolute Gasteiger partial charge is 0.228 e. The number of rotatable bonds is 2. The molecule has 0 aliphatic rings. The van der Waals surface area contributed by atoms with Gasteiger partial charge in [-0.1, -0.05) is 11.6 Å². The first kappa shape index (κ1) is 7.88.